The van der Waals surface area contributed by atoms with E-state index in [9.17, 15) is 18.0 Å². The Bertz CT molecular complexity index is 1410. The Morgan fingerprint density at radius 3 is 1.88 bits per heavy atom. The van der Waals surface area contributed by atoms with E-state index in [2.05, 4.69) is 5.32 Å². The molecule has 0 saturated heterocycles. The molecule has 1 N–H and O–H groups in total. The van der Waals surface area contributed by atoms with Crippen LogP contribution in [0.2, 0.25) is 0 Å². The first-order chi connectivity index (χ1) is 19.5. The van der Waals surface area contributed by atoms with Crippen LogP contribution in [0.4, 0.5) is 5.69 Å². The smallest absolute Gasteiger partial charge is 0.264 e. The van der Waals surface area contributed by atoms with Crippen LogP contribution in [0.1, 0.15) is 38.3 Å². The summed E-state index contributed by atoms with van der Waals surface area (Å²) >= 11 is 0. The lowest BCUT2D eigenvalue weighted by atomic mass is 10.1. The third kappa shape index (κ3) is 8.00. The SMILES string of the molecule is CC[C@@H](C(=O)NC(C)C)N(Cc1ccc(OC)cc1)C(=O)CN(c1ccc(C)cc1)S(=O)(=O)c1ccc(OC)cc1. The summed E-state index contributed by atoms with van der Waals surface area (Å²) in [6.07, 6.45) is 0.343. The van der Waals surface area contributed by atoms with Crippen LogP contribution >= 0.6 is 0 Å². The molecule has 3 aromatic carbocycles. The highest BCUT2D eigenvalue weighted by Gasteiger charge is 2.33. The van der Waals surface area contributed by atoms with Crippen molar-refractivity contribution >= 4 is 27.5 Å². The summed E-state index contributed by atoms with van der Waals surface area (Å²) in [6.45, 7) is 7.02. The molecule has 220 valence electrons. The lowest BCUT2D eigenvalue weighted by Crippen LogP contribution is -2.53. The maximum Gasteiger partial charge on any atom is 0.264 e. The van der Waals surface area contributed by atoms with Gasteiger partial charge in [-0.05, 0) is 81.3 Å². The molecule has 41 heavy (non-hydrogen) atoms. The van der Waals surface area contributed by atoms with E-state index in [1.807, 2.05) is 39.8 Å². The number of sulfonamides is 1. The predicted octanol–water partition coefficient (Wildman–Crippen LogP) is 4.54. The molecule has 0 aliphatic carbocycles. The third-order valence-electron chi connectivity index (χ3n) is 6.58. The van der Waals surface area contributed by atoms with Crippen LogP contribution < -0.4 is 19.1 Å². The molecule has 10 heteroatoms. The Balaban J connectivity index is 2.05. The Morgan fingerprint density at radius 2 is 1.39 bits per heavy atom. The van der Waals surface area contributed by atoms with E-state index in [1.54, 1.807) is 55.6 Å². The number of nitrogens with one attached hydrogen (secondary N) is 1. The molecule has 0 unspecified atom stereocenters. The second-order valence-electron chi connectivity index (χ2n) is 9.98. The average molecular weight is 582 g/mol. The van der Waals surface area contributed by atoms with E-state index >= 15 is 0 Å². The van der Waals surface area contributed by atoms with E-state index < -0.39 is 28.5 Å². The van der Waals surface area contributed by atoms with Crippen molar-refractivity contribution in [3.05, 3.63) is 83.9 Å². The van der Waals surface area contributed by atoms with Gasteiger partial charge < -0.3 is 19.7 Å². The van der Waals surface area contributed by atoms with Gasteiger partial charge in [-0.25, -0.2) is 8.42 Å². The molecule has 0 aliphatic heterocycles. The first kappa shape index (κ1) is 31.5. The first-order valence-corrected chi connectivity index (χ1v) is 14.9. The van der Waals surface area contributed by atoms with Crippen LogP contribution in [0.15, 0.2) is 77.7 Å². The van der Waals surface area contributed by atoms with E-state index in [-0.39, 0.29) is 23.4 Å². The van der Waals surface area contributed by atoms with Crippen LogP contribution in [0.5, 0.6) is 11.5 Å². The van der Waals surface area contributed by atoms with Gasteiger partial charge in [-0.1, -0.05) is 36.8 Å². The zero-order valence-electron chi connectivity index (χ0n) is 24.5. The summed E-state index contributed by atoms with van der Waals surface area (Å²) < 4.78 is 39.4. The number of amides is 2. The van der Waals surface area contributed by atoms with Gasteiger partial charge in [0.1, 0.15) is 24.1 Å². The second kappa shape index (κ2) is 14.0. The average Bonchev–Trinajstić information content (AvgIpc) is 2.96. The molecule has 0 spiro atoms. The fraction of sp³-hybridized carbons (Fsp3) is 0.355. The molecular formula is C31H39N3O6S. The Hall–Kier alpha value is -4.05. The normalized spacial score (nSPS) is 12.0. The molecular weight excluding hydrogens is 542 g/mol. The lowest BCUT2D eigenvalue weighted by Gasteiger charge is -2.33. The van der Waals surface area contributed by atoms with Crippen molar-refractivity contribution in [2.75, 3.05) is 25.1 Å². The van der Waals surface area contributed by atoms with Gasteiger partial charge in [0.05, 0.1) is 24.8 Å². The molecule has 3 aromatic rings. The molecule has 0 radical (unpaired) electrons. The first-order valence-electron chi connectivity index (χ1n) is 13.5. The molecule has 0 aromatic heterocycles. The van der Waals surface area contributed by atoms with Crippen molar-refractivity contribution in [3.8, 4) is 11.5 Å². The summed E-state index contributed by atoms with van der Waals surface area (Å²) in [5.41, 5.74) is 2.05. The van der Waals surface area contributed by atoms with Gasteiger partial charge in [0, 0.05) is 12.6 Å². The number of aryl methyl sites for hydroxylation is 1. The summed E-state index contributed by atoms with van der Waals surface area (Å²) in [5.74, 6) is 0.357. The van der Waals surface area contributed by atoms with Crippen molar-refractivity contribution in [1.29, 1.82) is 0 Å². The highest BCUT2D eigenvalue weighted by Crippen LogP contribution is 2.26. The zero-order valence-corrected chi connectivity index (χ0v) is 25.3. The predicted molar refractivity (Wildman–Crippen MR) is 160 cm³/mol. The number of methoxy groups -OCH3 is 2. The van der Waals surface area contributed by atoms with Gasteiger partial charge >= 0.3 is 0 Å². The quantitative estimate of drug-likeness (QED) is 0.318. The fourth-order valence-corrected chi connectivity index (χ4v) is 5.76. The number of ether oxygens (including phenoxy) is 2. The second-order valence-corrected chi connectivity index (χ2v) is 11.8. The molecule has 9 nitrogen and oxygen atoms in total. The minimum atomic E-state index is -4.16. The number of carbonyl (C=O) groups is 2. The maximum atomic E-state index is 14.1. The highest BCUT2D eigenvalue weighted by molar-refractivity contribution is 7.92. The molecule has 3 rings (SSSR count). The van der Waals surface area contributed by atoms with Crippen LogP contribution in [0.25, 0.3) is 0 Å². The van der Waals surface area contributed by atoms with Gasteiger partial charge in [-0.2, -0.15) is 0 Å². The van der Waals surface area contributed by atoms with Crippen molar-refractivity contribution < 1.29 is 27.5 Å². The van der Waals surface area contributed by atoms with Crippen LogP contribution in [-0.2, 0) is 26.2 Å². The van der Waals surface area contributed by atoms with E-state index in [1.165, 1.54) is 24.1 Å². The lowest BCUT2D eigenvalue weighted by molar-refractivity contribution is -0.140. The minimum absolute atomic E-state index is 0.0120. The van der Waals surface area contributed by atoms with Crippen molar-refractivity contribution in [3.63, 3.8) is 0 Å². The summed E-state index contributed by atoms with van der Waals surface area (Å²) in [5, 5.41) is 2.89. The van der Waals surface area contributed by atoms with Gasteiger partial charge in [0.2, 0.25) is 11.8 Å². The maximum absolute atomic E-state index is 14.1. The largest absolute Gasteiger partial charge is 0.497 e. The molecule has 0 fully saturated rings. The number of hydrogen-bond acceptors (Lipinski definition) is 6. The van der Waals surface area contributed by atoms with Crippen molar-refractivity contribution in [2.45, 2.75) is 57.6 Å². The molecule has 0 aliphatic rings. The molecule has 0 saturated carbocycles. The van der Waals surface area contributed by atoms with E-state index in [4.69, 9.17) is 9.47 Å². The third-order valence-corrected chi connectivity index (χ3v) is 8.37. The number of benzene rings is 3. The van der Waals surface area contributed by atoms with Crippen LogP contribution in [-0.4, -0.2) is 58.0 Å². The number of carbonyl (C=O) groups excluding carboxylic acids is 2. The van der Waals surface area contributed by atoms with Crippen molar-refractivity contribution in [2.24, 2.45) is 0 Å². The molecule has 0 heterocycles. The fourth-order valence-electron chi connectivity index (χ4n) is 4.34. The number of nitrogens with zero attached hydrogens (tertiary/aromatic N) is 2. The van der Waals surface area contributed by atoms with Gasteiger partial charge in [-0.3, -0.25) is 13.9 Å². The standard InChI is InChI=1S/C31H39N3O6S/c1-7-29(31(36)32-22(2)3)33(20-24-10-14-26(39-5)15-11-24)30(35)21-34(25-12-8-23(4)9-13-25)41(37,38)28-18-16-27(40-6)17-19-28/h8-19,22,29H,7,20-21H2,1-6H3,(H,32,36)/t29-/m0/s1. The Labute approximate surface area is 243 Å². The monoisotopic (exact) mass is 581 g/mol. The highest BCUT2D eigenvalue weighted by atomic mass is 32.2. The van der Waals surface area contributed by atoms with Gasteiger partial charge in [0.25, 0.3) is 10.0 Å². The van der Waals surface area contributed by atoms with E-state index in [0.717, 1.165) is 15.4 Å². The minimum Gasteiger partial charge on any atom is -0.497 e. The number of rotatable bonds is 13. The molecule has 0 bridgehead atoms. The summed E-state index contributed by atoms with van der Waals surface area (Å²) in [6, 6.07) is 19.2. The van der Waals surface area contributed by atoms with Gasteiger partial charge in [0.15, 0.2) is 0 Å². The number of anilines is 1. The Kier molecular flexibility index (Phi) is 10.8. The summed E-state index contributed by atoms with van der Waals surface area (Å²) in [4.78, 5) is 28.8. The topological polar surface area (TPSA) is 105 Å². The summed E-state index contributed by atoms with van der Waals surface area (Å²) in [7, 11) is -1.10. The zero-order chi connectivity index (χ0) is 30.2. The molecule has 2 amide bonds. The number of hydrogen-bond donors (Lipinski definition) is 1. The van der Waals surface area contributed by atoms with E-state index in [0.29, 0.717) is 23.6 Å². The molecule has 1 atom stereocenters. The Morgan fingerprint density at radius 1 is 0.854 bits per heavy atom. The van der Waals surface area contributed by atoms with Crippen molar-refractivity contribution in [1.82, 2.24) is 10.2 Å². The van der Waals surface area contributed by atoms with Crippen LogP contribution in [0, 0.1) is 6.92 Å². The van der Waals surface area contributed by atoms with Crippen LogP contribution in [0.3, 0.4) is 0 Å². The van der Waals surface area contributed by atoms with Gasteiger partial charge in [-0.15, -0.1) is 0 Å².